The highest BCUT2D eigenvalue weighted by molar-refractivity contribution is 5.76. The summed E-state index contributed by atoms with van der Waals surface area (Å²) in [6, 6.07) is 5.16. The molecule has 1 unspecified atom stereocenters. The third-order valence-electron chi connectivity index (χ3n) is 4.76. The Balaban J connectivity index is 2.08. The third kappa shape index (κ3) is 2.03. The van der Waals surface area contributed by atoms with Crippen LogP contribution in [0.2, 0.25) is 0 Å². The monoisotopic (exact) mass is 275 g/mol. The average molecular weight is 275 g/mol. The number of nitrogens with one attached hydrogen (secondary N) is 1. The first-order chi connectivity index (χ1) is 9.51. The van der Waals surface area contributed by atoms with Gasteiger partial charge in [0.15, 0.2) is 5.82 Å². The lowest BCUT2D eigenvalue weighted by atomic mass is 9.74. The zero-order valence-corrected chi connectivity index (χ0v) is 12.4. The van der Waals surface area contributed by atoms with Gasteiger partial charge in [0.25, 0.3) is 0 Å². The van der Waals surface area contributed by atoms with E-state index in [-0.39, 0.29) is 11.2 Å². The van der Waals surface area contributed by atoms with Crippen molar-refractivity contribution in [2.45, 2.75) is 32.1 Å². The number of aryl methyl sites for hydroxylation is 1. The summed E-state index contributed by atoms with van der Waals surface area (Å²) in [6.45, 7) is 6.57. The number of nitrogens with zero attached hydrogens (tertiary/aromatic N) is 2. The van der Waals surface area contributed by atoms with E-state index in [0.29, 0.717) is 11.4 Å². The van der Waals surface area contributed by atoms with Crippen LogP contribution in [0.25, 0.3) is 11.0 Å². The summed E-state index contributed by atoms with van der Waals surface area (Å²) in [4.78, 5) is 4.62. The van der Waals surface area contributed by atoms with Crippen LogP contribution in [0.3, 0.4) is 0 Å². The van der Waals surface area contributed by atoms with E-state index in [1.54, 1.807) is 6.07 Å². The first kappa shape index (κ1) is 13.6. The number of para-hydroxylation sites is 1. The van der Waals surface area contributed by atoms with Gasteiger partial charge < -0.3 is 9.88 Å². The molecule has 1 saturated heterocycles. The van der Waals surface area contributed by atoms with Gasteiger partial charge in [-0.1, -0.05) is 19.9 Å². The van der Waals surface area contributed by atoms with Gasteiger partial charge in [0.2, 0.25) is 0 Å². The zero-order chi connectivity index (χ0) is 14.3. The molecule has 1 aliphatic heterocycles. The molecular weight excluding hydrogens is 253 g/mol. The van der Waals surface area contributed by atoms with Gasteiger partial charge in [-0.25, -0.2) is 9.37 Å². The van der Waals surface area contributed by atoms with E-state index >= 15 is 0 Å². The van der Waals surface area contributed by atoms with Crippen LogP contribution in [0.1, 0.15) is 32.5 Å². The Morgan fingerprint density at radius 3 is 2.85 bits per heavy atom. The number of benzene rings is 1. The summed E-state index contributed by atoms with van der Waals surface area (Å²) in [5, 5.41) is 3.46. The number of fused-ring (bicyclic) bond motifs is 1. The van der Waals surface area contributed by atoms with Gasteiger partial charge in [-0.2, -0.15) is 0 Å². The number of hydrogen-bond acceptors (Lipinski definition) is 2. The zero-order valence-electron chi connectivity index (χ0n) is 12.4. The molecule has 2 aromatic rings. The quantitative estimate of drug-likeness (QED) is 0.913. The average Bonchev–Trinajstić information content (AvgIpc) is 2.80. The van der Waals surface area contributed by atoms with E-state index < -0.39 is 0 Å². The minimum Gasteiger partial charge on any atom is -0.331 e. The summed E-state index contributed by atoms with van der Waals surface area (Å²) in [6.07, 6.45) is 2.40. The third-order valence-corrected chi connectivity index (χ3v) is 4.76. The second-order valence-electron chi connectivity index (χ2n) is 6.37. The molecule has 1 fully saturated rings. The van der Waals surface area contributed by atoms with Crippen molar-refractivity contribution in [1.82, 2.24) is 14.9 Å². The molecule has 1 aromatic carbocycles. The van der Waals surface area contributed by atoms with Crippen LogP contribution in [0.15, 0.2) is 18.2 Å². The number of imidazole rings is 1. The molecule has 0 aliphatic carbocycles. The fraction of sp³-hybridized carbons (Fsp3) is 0.562. The van der Waals surface area contributed by atoms with Gasteiger partial charge in [-0.05, 0) is 44.0 Å². The molecule has 1 aromatic heterocycles. The van der Waals surface area contributed by atoms with Crippen molar-refractivity contribution in [3.05, 3.63) is 29.8 Å². The lowest BCUT2D eigenvalue weighted by molar-refractivity contribution is 0.238. The Morgan fingerprint density at radius 1 is 1.40 bits per heavy atom. The van der Waals surface area contributed by atoms with E-state index in [4.69, 9.17) is 0 Å². The molecule has 1 atom stereocenters. The highest BCUT2D eigenvalue weighted by Crippen LogP contribution is 2.36. The molecule has 0 amide bonds. The molecule has 2 heterocycles. The molecule has 3 nitrogen and oxygen atoms in total. The van der Waals surface area contributed by atoms with Crippen LogP contribution in [0, 0.1) is 11.7 Å². The number of rotatable bonds is 2. The van der Waals surface area contributed by atoms with Crippen molar-refractivity contribution in [2.24, 2.45) is 13.0 Å². The SMILES string of the molecule is Cn1c(C(C)(C)C2CCCNC2)nc2c(F)cccc21. The van der Waals surface area contributed by atoms with Crippen LogP contribution in [-0.2, 0) is 12.5 Å². The second-order valence-corrected chi connectivity index (χ2v) is 6.37. The van der Waals surface area contributed by atoms with E-state index in [9.17, 15) is 4.39 Å². The van der Waals surface area contributed by atoms with Gasteiger partial charge in [-0.15, -0.1) is 0 Å². The van der Waals surface area contributed by atoms with E-state index in [1.807, 2.05) is 17.7 Å². The minimum absolute atomic E-state index is 0.0619. The molecule has 3 rings (SSSR count). The molecule has 1 N–H and O–H groups in total. The predicted octanol–water partition coefficient (Wildman–Crippen LogP) is 2.99. The second kappa shape index (κ2) is 4.85. The van der Waals surface area contributed by atoms with Gasteiger partial charge in [0, 0.05) is 12.5 Å². The number of hydrogen-bond donors (Lipinski definition) is 1. The summed E-state index contributed by atoms with van der Waals surface area (Å²) >= 11 is 0. The fourth-order valence-corrected chi connectivity index (χ4v) is 3.41. The van der Waals surface area contributed by atoms with Crippen LogP contribution in [0.5, 0.6) is 0 Å². The van der Waals surface area contributed by atoms with Gasteiger partial charge in [0.1, 0.15) is 11.3 Å². The fourth-order valence-electron chi connectivity index (χ4n) is 3.41. The van der Waals surface area contributed by atoms with Gasteiger partial charge >= 0.3 is 0 Å². The highest BCUT2D eigenvalue weighted by Gasteiger charge is 2.36. The maximum absolute atomic E-state index is 13.9. The predicted molar refractivity (Wildman–Crippen MR) is 79.3 cm³/mol. The molecule has 4 heteroatoms. The lowest BCUT2D eigenvalue weighted by Gasteiger charge is -2.36. The maximum Gasteiger partial charge on any atom is 0.151 e. The maximum atomic E-state index is 13.9. The van der Waals surface area contributed by atoms with Crippen molar-refractivity contribution >= 4 is 11.0 Å². The topological polar surface area (TPSA) is 29.9 Å². The molecule has 0 saturated carbocycles. The van der Waals surface area contributed by atoms with E-state index in [0.717, 1.165) is 24.4 Å². The minimum atomic E-state index is -0.234. The first-order valence-corrected chi connectivity index (χ1v) is 7.34. The van der Waals surface area contributed by atoms with Crippen LogP contribution >= 0.6 is 0 Å². The smallest absolute Gasteiger partial charge is 0.151 e. The largest absolute Gasteiger partial charge is 0.331 e. The first-order valence-electron chi connectivity index (χ1n) is 7.34. The molecule has 0 spiro atoms. The Hall–Kier alpha value is -1.42. The van der Waals surface area contributed by atoms with Crippen LogP contribution < -0.4 is 5.32 Å². The van der Waals surface area contributed by atoms with Crippen molar-refractivity contribution in [1.29, 1.82) is 0 Å². The molecule has 0 radical (unpaired) electrons. The van der Waals surface area contributed by atoms with Gasteiger partial charge in [0.05, 0.1) is 5.52 Å². The Morgan fingerprint density at radius 2 is 2.20 bits per heavy atom. The molecule has 20 heavy (non-hydrogen) atoms. The van der Waals surface area contributed by atoms with Crippen LogP contribution in [-0.4, -0.2) is 22.6 Å². The van der Waals surface area contributed by atoms with Crippen LogP contribution in [0.4, 0.5) is 4.39 Å². The Bertz CT molecular complexity index is 624. The van der Waals surface area contributed by atoms with Crippen molar-refractivity contribution in [3.63, 3.8) is 0 Å². The molecular formula is C16H22FN3. The lowest BCUT2D eigenvalue weighted by Crippen LogP contribution is -2.42. The molecule has 0 bridgehead atoms. The summed E-state index contributed by atoms with van der Waals surface area (Å²) < 4.78 is 16.0. The normalized spacial score (nSPS) is 20.5. The summed E-state index contributed by atoms with van der Waals surface area (Å²) in [5.41, 5.74) is 1.30. The van der Waals surface area contributed by atoms with Crippen molar-refractivity contribution in [2.75, 3.05) is 13.1 Å². The van der Waals surface area contributed by atoms with E-state index in [2.05, 4.69) is 24.1 Å². The van der Waals surface area contributed by atoms with E-state index in [1.165, 1.54) is 18.9 Å². The highest BCUT2D eigenvalue weighted by atomic mass is 19.1. The Kier molecular flexibility index (Phi) is 3.28. The standard InChI is InChI=1S/C16H22FN3/c1-16(2,11-6-5-9-18-10-11)15-19-14-12(17)7-4-8-13(14)20(15)3/h4,7-8,11,18H,5-6,9-10H2,1-3H3. The van der Waals surface area contributed by atoms with Crippen molar-refractivity contribution < 1.29 is 4.39 Å². The number of piperidine rings is 1. The summed E-state index contributed by atoms with van der Waals surface area (Å²) in [5.74, 6) is 1.28. The van der Waals surface area contributed by atoms with Crippen molar-refractivity contribution in [3.8, 4) is 0 Å². The molecule has 108 valence electrons. The number of aromatic nitrogens is 2. The Labute approximate surface area is 119 Å². The summed E-state index contributed by atoms with van der Waals surface area (Å²) in [7, 11) is 1.99. The number of halogens is 1. The van der Waals surface area contributed by atoms with Gasteiger partial charge in [-0.3, -0.25) is 0 Å². The molecule has 1 aliphatic rings.